The van der Waals surface area contributed by atoms with Gasteiger partial charge in [-0.2, -0.15) is 0 Å². The highest BCUT2D eigenvalue weighted by Crippen LogP contribution is 2.38. The van der Waals surface area contributed by atoms with Gasteiger partial charge in [0.25, 0.3) is 0 Å². The number of aromatic nitrogens is 1. The van der Waals surface area contributed by atoms with Crippen LogP contribution < -0.4 is 5.32 Å². The van der Waals surface area contributed by atoms with Gasteiger partial charge in [0, 0.05) is 28.1 Å². The highest BCUT2D eigenvalue weighted by molar-refractivity contribution is 7.16. The van der Waals surface area contributed by atoms with Gasteiger partial charge in [-0.15, -0.1) is 11.3 Å². The van der Waals surface area contributed by atoms with Crippen LogP contribution in [0.2, 0.25) is 0 Å². The van der Waals surface area contributed by atoms with Crippen molar-refractivity contribution in [2.45, 2.75) is 83.3 Å². The quantitative estimate of drug-likeness (QED) is 0.631. The Labute approximate surface area is 181 Å². The molecule has 2 aromatic rings. The number of fused-ring (bicyclic) bond motifs is 3. The van der Waals surface area contributed by atoms with Crippen molar-refractivity contribution in [3.8, 4) is 11.3 Å². The van der Waals surface area contributed by atoms with Crippen LogP contribution in [0.3, 0.4) is 0 Å². The van der Waals surface area contributed by atoms with Crippen LogP contribution in [0.25, 0.3) is 11.3 Å². The summed E-state index contributed by atoms with van der Waals surface area (Å²) in [6.45, 7) is 5.86. The van der Waals surface area contributed by atoms with E-state index < -0.39 is 11.6 Å². The van der Waals surface area contributed by atoms with Gasteiger partial charge in [-0.1, -0.05) is 6.07 Å². The maximum absolute atomic E-state index is 13.9. The van der Waals surface area contributed by atoms with Crippen LogP contribution in [-0.4, -0.2) is 38.7 Å². The van der Waals surface area contributed by atoms with Crippen LogP contribution in [0.1, 0.15) is 63.3 Å². The third-order valence-electron chi connectivity index (χ3n) is 6.19. The number of nitrogens with zero attached hydrogens (tertiary/aromatic N) is 2. The minimum atomic E-state index is -0.839. The number of benzene rings is 1. The normalized spacial score (nSPS) is 21.3. The Morgan fingerprint density at radius 2 is 1.97 bits per heavy atom. The van der Waals surface area contributed by atoms with Gasteiger partial charge in [0.05, 0.1) is 5.69 Å². The molecular formula is C23H30FN3O2S. The molecule has 7 heteroatoms. The molecular weight excluding hydrogens is 401 g/mol. The number of hydrogen-bond donors (Lipinski definition) is 2. The van der Waals surface area contributed by atoms with Crippen molar-refractivity contribution < 1.29 is 14.3 Å². The van der Waals surface area contributed by atoms with Crippen molar-refractivity contribution in [1.82, 2.24) is 9.88 Å². The third-order valence-corrected chi connectivity index (χ3v) is 7.24. The Morgan fingerprint density at radius 1 is 1.23 bits per heavy atom. The Bertz CT molecular complexity index is 929. The standard InChI is InChI=1S/C23H30FN3O2S/c1-23(2,3)27(22(28)29)17-11-9-16(10-12-17)25-21-26-20-18-13-15(24)8-7-14(18)5-4-6-19(20)30-21/h7-8,13,16-17H,4-6,9-12H2,1-3H3,(H,25,26)(H,28,29)/t16-,17-. The van der Waals surface area contributed by atoms with Gasteiger partial charge in [-0.3, -0.25) is 0 Å². The fourth-order valence-electron chi connectivity index (χ4n) is 4.86. The Kier molecular flexibility index (Phi) is 5.75. The second-order valence-electron chi connectivity index (χ2n) is 9.42. The number of anilines is 1. The highest BCUT2D eigenvalue weighted by Gasteiger charge is 2.35. The molecule has 1 amide bonds. The Balaban J connectivity index is 1.45. The number of halogens is 1. The monoisotopic (exact) mass is 431 g/mol. The summed E-state index contributed by atoms with van der Waals surface area (Å²) < 4.78 is 13.9. The molecule has 0 aliphatic heterocycles. The number of carboxylic acid groups (broad SMARTS) is 1. The molecule has 4 rings (SSSR count). The van der Waals surface area contributed by atoms with Crippen molar-refractivity contribution in [2.75, 3.05) is 5.32 Å². The van der Waals surface area contributed by atoms with Gasteiger partial charge in [-0.05, 0) is 83.4 Å². The van der Waals surface area contributed by atoms with E-state index in [9.17, 15) is 14.3 Å². The molecule has 2 aliphatic rings. The summed E-state index contributed by atoms with van der Waals surface area (Å²) >= 11 is 1.68. The van der Waals surface area contributed by atoms with Crippen LogP contribution >= 0.6 is 11.3 Å². The van der Waals surface area contributed by atoms with E-state index in [4.69, 9.17) is 4.98 Å². The molecule has 0 bridgehead atoms. The van der Waals surface area contributed by atoms with Crippen LogP contribution in [0, 0.1) is 5.82 Å². The Hall–Kier alpha value is -2.15. The fourth-order valence-corrected chi connectivity index (χ4v) is 5.96. The number of thiazole rings is 1. The van der Waals surface area contributed by atoms with Gasteiger partial charge in [-0.25, -0.2) is 14.2 Å². The van der Waals surface area contributed by atoms with E-state index in [0.717, 1.165) is 61.3 Å². The van der Waals surface area contributed by atoms with Crippen LogP contribution in [-0.2, 0) is 12.8 Å². The first-order valence-corrected chi connectivity index (χ1v) is 11.6. The summed E-state index contributed by atoms with van der Waals surface area (Å²) in [6.07, 6.45) is 5.67. The Morgan fingerprint density at radius 3 is 2.63 bits per heavy atom. The summed E-state index contributed by atoms with van der Waals surface area (Å²) in [5.41, 5.74) is 2.63. The zero-order valence-corrected chi connectivity index (χ0v) is 18.7. The lowest BCUT2D eigenvalue weighted by molar-refractivity contribution is 0.0557. The lowest BCUT2D eigenvalue weighted by Gasteiger charge is -2.42. The molecule has 0 saturated heterocycles. The molecule has 0 radical (unpaired) electrons. The van der Waals surface area contributed by atoms with Crippen molar-refractivity contribution in [1.29, 1.82) is 0 Å². The second kappa shape index (κ2) is 8.17. The van der Waals surface area contributed by atoms with E-state index >= 15 is 0 Å². The van der Waals surface area contributed by atoms with Crippen LogP contribution in [0.15, 0.2) is 18.2 Å². The molecule has 2 N–H and O–H groups in total. The van der Waals surface area contributed by atoms with Crippen molar-refractivity contribution >= 4 is 22.6 Å². The molecule has 0 spiro atoms. The molecule has 1 heterocycles. The smallest absolute Gasteiger partial charge is 0.407 e. The fraction of sp³-hybridized carbons (Fsp3) is 0.565. The van der Waals surface area contributed by atoms with E-state index in [1.165, 1.54) is 16.5 Å². The minimum absolute atomic E-state index is 0.0587. The van der Waals surface area contributed by atoms with Crippen molar-refractivity contribution in [3.05, 3.63) is 34.5 Å². The molecule has 5 nitrogen and oxygen atoms in total. The number of aryl methyl sites for hydroxylation is 2. The maximum Gasteiger partial charge on any atom is 0.407 e. The maximum atomic E-state index is 13.9. The summed E-state index contributed by atoms with van der Waals surface area (Å²) in [5, 5.41) is 14.1. The van der Waals surface area contributed by atoms with Crippen LogP contribution in [0.5, 0.6) is 0 Å². The zero-order chi connectivity index (χ0) is 21.5. The molecule has 1 saturated carbocycles. The van der Waals surface area contributed by atoms with Crippen molar-refractivity contribution in [2.24, 2.45) is 0 Å². The van der Waals surface area contributed by atoms with Gasteiger partial charge < -0.3 is 15.3 Å². The largest absolute Gasteiger partial charge is 0.465 e. The number of rotatable bonds is 3. The molecule has 0 unspecified atom stereocenters. The van der Waals surface area contributed by atoms with Gasteiger partial charge >= 0.3 is 6.09 Å². The van der Waals surface area contributed by atoms with E-state index in [1.807, 2.05) is 26.8 Å². The third kappa shape index (κ3) is 4.31. The van der Waals surface area contributed by atoms with Crippen molar-refractivity contribution in [3.63, 3.8) is 0 Å². The topological polar surface area (TPSA) is 65.5 Å². The van der Waals surface area contributed by atoms with Crippen LogP contribution in [0.4, 0.5) is 14.3 Å². The van der Waals surface area contributed by atoms with E-state index in [-0.39, 0.29) is 11.9 Å². The van der Waals surface area contributed by atoms with Gasteiger partial charge in [0.1, 0.15) is 5.82 Å². The number of carbonyl (C=O) groups is 1. The lowest BCUT2D eigenvalue weighted by atomic mass is 9.88. The summed E-state index contributed by atoms with van der Waals surface area (Å²) in [6, 6.07) is 5.38. The zero-order valence-electron chi connectivity index (χ0n) is 17.9. The average Bonchev–Trinajstić information content (AvgIpc) is 2.98. The molecule has 0 atom stereocenters. The SMILES string of the molecule is CC(C)(C)N(C(=O)O)[C@H]1CC[C@H](Nc2nc3c(s2)CCCc2ccc(F)cc2-3)CC1. The first kappa shape index (κ1) is 21.1. The number of hydrogen-bond acceptors (Lipinski definition) is 4. The number of nitrogens with one attached hydrogen (secondary N) is 1. The predicted molar refractivity (Wildman–Crippen MR) is 119 cm³/mol. The molecule has 162 valence electrons. The lowest BCUT2D eigenvalue weighted by Crippen LogP contribution is -2.52. The highest BCUT2D eigenvalue weighted by atomic mass is 32.1. The molecule has 1 fully saturated rings. The minimum Gasteiger partial charge on any atom is -0.465 e. The van der Waals surface area contributed by atoms with E-state index in [1.54, 1.807) is 22.3 Å². The molecule has 30 heavy (non-hydrogen) atoms. The van der Waals surface area contributed by atoms with Gasteiger partial charge in [0.2, 0.25) is 0 Å². The predicted octanol–water partition coefficient (Wildman–Crippen LogP) is 5.94. The number of amides is 1. The van der Waals surface area contributed by atoms with E-state index in [2.05, 4.69) is 5.32 Å². The van der Waals surface area contributed by atoms with Gasteiger partial charge in [0.15, 0.2) is 5.13 Å². The van der Waals surface area contributed by atoms with E-state index in [0.29, 0.717) is 6.04 Å². The first-order chi connectivity index (χ1) is 14.2. The summed E-state index contributed by atoms with van der Waals surface area (Å²) in [5.74, 6) is -0.218. The summed E-state index contributed by atoms with van der Waals surface area (Å²) in [4.78, 5) is 19.4. The molecule has 2 aliphatic carbocycles. The first-order valence-electron chi connectivity index (χ1n) is 10.8. The second-order valence-corrected chi connectivity index (χ2v) is 10.5. The molecule has 1 aromatic carbocycles. The molecule has 1 aromatic heterocycles. The summed E-state index contributed by atoms with van der Waals surface area (Å²) in [7, 11) is 0. The average molecular weight is 432 g/mol.